The maximum Gasteiger partial charge on any atom is 0.133 e. The lowest BCUT2D eigenvalue weighted by Gasteiger charge is -2.04. The highest BCUT2D eigenvalue weighted by Gasteiger charge is 2.36. The van der Waals surface area contributed by atoms with Crippen LogP contribution < -0.4 is 0 Å². The van der Waals surface area contributed by atoms with Crippen LogP contribution >= 0.6 is 0 Å². The van der Waals surface area contributed by atoms with E-state index in [0.717, 1.165) is 25.0 Å². The number of rotatable bonds is 1. The van der Waals surface area contributed by atoms with Crippen LogP contribution in [0, 0.1) is 11.8 Å². The minimum Gasteiger partial charge on any atom is -0.351 e. The molecular formula is C11H12N2O. The summed E-state index contributed by atoms with van der Waals surface area (Å²) in [6, 6.07) is 0. The van der Waals surface area contributed by atoms with Gasteiger partial charge in [0.05, 0.1) is 12.0 Å². The number of nitrogens with zero attached hydrogens (tertiary/aromatic N) is 1. The third kappa shape index (κ3) is 1.12. The molecule has 1 N–H and O–H groups in total. The van der Waals surface area contributed by atoms with Gasteiger partial charge in [-0.25, -0.2) is 4.98 Å². The predicted octanol–water partition coefficient (Wildman–Crippen LogP) is 1.79. The van der Waals surface area contributed by atoms with E-state index in [0.29, 0.717) is 17.6 Å². The van der Waals surface area contributed by atoms with Crippen molar-refractivity contribution in [2.24, 2.45) is 11.8 Å². The third-order valence-corrected chi connectivity index (χ3v) is 3.28. The molecule has 0 spiro atoms. The molecule has 0 aliphatic heterocycles. The molecule has 2 aliphatic carbocycles. The number of carbonyl (C=O) groups excluding carboxylic acids is 1. The van der Waals surface area contributed by atoms with Gasteiger partial charge in [0.25, 0.3) is 0 Å². The van der Waals surface area contributed by atoms with E-state index < -0.39 is 0 Å². The number of aromatic nitrogens is 2. The first kappa shape index (κ1) is 7.97. The summed E-state index contributed by atoms with van der Waals surface area (Å²) in [5.41, 5.74) is 2.36. The van der Waals surface area contributed by atoms with Crippen LogP contribution in [0.15, 0.2) is 18.6 Å². The van der Waals surface area contributed by atoms with E-state index in [1.54, 1.807) is 6.33 Å². The Morgan fingerprint density at radius 2 is 2.29 bits per heavy atom. The maximum atomic E-state index is 11.2. The first-order chi connectivity index (χ1) is 6.83. The third-order valence-electron chi connectivity index (χ3n) is 3.28. The Hall–Kier alpha value is -1.38. The van der Waals surface area contributed by atoms with Crippen molar-refractivity contribution in [2.75, 3.05) is 0 Å². The fourth-order valence-electron chi connectivity index (χ4n) is 2.61. The standard InChI is InChI=1S/C11H12N2O/c14-10-3-7-1-9(2-8(7)4-10)11-5-12-6-13-11/h1,5-8H,2-4H2,(H,12,13). The molecule has 2 aliphatic rings. The van der Waals surface area contributed by atoms with Gasteiger partial charge in [0.15, 0.2) is 0 Å². The number of allylic oxidation sites excluding steroid dienone is 2. The molecule has 0 amide bonds. The van der Waals surface area contributed by atoms with Crippen LogP contribution in [0.1, 0.15) is 25.0 Å². The van der Waals surface area contributed by atoms with E-state index in [1.165, 1.54) is 5.57 Å². The average molecular weight is 188 g/mol. The van der Waals surface area contributed by atoms with Crippen molar-refractivity contribution in [3.05, 3.63) is 24.3 Å². The van der Waals surface area contributed by atoms with Crippen LogP contribution in [-0.2, 0) is 4.79 Å². The van der Waals surface area contributed by atoms with Crippen molar-refractivity contribution in [3.8, 4) is 0 Å². The molecule has 1 aromatic heterocycles. The number of fused-ring (bicyclic) bond motifs is 1. The highest BCUT2D eigenvalue weighted by atomic mass is 16.1. The average Bonchev–Trinajstić information content (AvgIpc) is 2.74. The van der Waals surface area contributed by atoms with E-state index in [4.69, 9.17) is 0 Å². The minimum absolute atomic E-state index is 0.428. The lowest BCUT2D eigenvalue weighted by molar-refractivity contribution is -0.117. The normalized spacial score (nSPS) is 30.6. The maximum absolute atomic E-state index is 11.2. The molecule has 0 radical (unpaired) electrons. The Morgan fingerprint density at radius 1 is 1.36 bits per heavy atom. The highest BCUT2D eigenvalue weighted by molar-refractivity contribution is 5.83. The molecule has 3 heteroatoms. The van der Waals surface area contributed by atoms with Gasteiger partial charge in [-0.1, -0.05) is 6.08 Å². The summed E-state index contributed by atoms with van der Waals surface area (Å²) in [5.74, 6) is 1.49. The Balaban J connectivity index is 1.87. The molecule has 1 heterocycles. The largest absolute Gasteiger partial charge is 0.351 e. The lowest BCUT2D eigenvalue weighted by Crippen LogP contribution is -1.97. The zero-order chi connectivity index (χ0) is 9.54. The van der Waals surface area contributed by atoms with E-state index in [2.05, 4.69) is 16.0 Å². The number of hydrogen-bond donors (Lipinski definition) is 1. The number of aromatic amines is 1. The van der Waals surface area contributed by atoms with Gasteiger partial charge in [0, 0.05) is 19.0 Å². The number of nitrogens with one attached hydrogen (secondary N) is 1. The summed E-state index contributed by atoms with van der Waals surface area (Å²) in [6.45, 7) is 0. The van der Waals surface area contributed by atoms with Gasteiger partial charge in [-0.3, -0.25) is 4.79 Å². The van der Waals surface area contributed by atoms with E-state index >= 15 is 0 Å². The van der Waals surface area contributed by atoms with Gasteiger partial charge in [0.1, 0.15) is 5.78 Å². The summed E-state index contributed by atoms with van der Waals surface area (Å²) in [6.07, 6.45) is 8.42. The predicted molar refractivity (Wildman–Crippen MR) is 52.4 cm³/mol. The van der Waals surface area contributed by atoms with Gasteiger partial charge in [-0.2, -0.15) is 0 Å². The Labute approximate surface area is 82.2 Å². The van der Waals surface area contributed by atoms with Gasteiger partial charge in [-0.15, -0.1) is 0 Å². The topological polar surface area (TPSA) is 45.8 Å². The smallest absolute Gasteiger partial charge is 0.133 e. The van der Waals surface area contributed by atoms with Crippen molar-refractivity contribution in [1.29, 1.82) is 0 Å². The Morgan fingerprint density at radius 3 is 3.00 bits per heavy atom. The van der Waals surface area contributed by atoms with Crippen LogP contribution in [0.3, 0.4) is 0 Å². The number of H-pyrrole nitrogens is 1. The summed E-state index contributed by atoms with van der Waals surface area (Å²) >= 11 is 0. The zero-order valence-electron chi connectivity index (χ0n) is 7.86. The van der Waals surface area contributed by atoms with Crippen LogP contribution in [0.25, 0.3) is 5.57 Å². The fraction of sp³-hybridized carbons (Fsp3) is 0.455. The molecule has 1 fully saturated rings. The Bertz CT molecular complexity index is 391. The van der Waals surface area contributed by atoms with Crippen LogP contribution in [0.5, 0.6) is 0 Å². The molecule has 3 rings (SSSR count). The first-order valence-corrected chi connectivity index (χ1v) is 5.04. The van der Waals surface area contributed by atoms with Gasteiger partial charge >= 0.3 is 0 Å². The molecule has 72 valence electrons. The second-order valence-electron chi connectivity index (χ2n) is 4.22. The van der Waals surface area contributed by atoms with E-state index in [1.807, 2.05) is 6.20 Å². The van der Waals surface area contributed by atoms with E-state index in [-0.39, 0.29) is 0 Å². The summed E-state index contributed by atoms with van der Waals surface area (Å²) in [7, 11) is 0. The van der Waals surface area contributed by atoms with Gasteiger partial charge in [0.2, 0.25) is 0 Å². The van der Waals surface area contributed by atoms with Crippen molar-refractivity contribution >= 4 is 11.4 Å². The minimum atomic E-state index is 0.428. The first-order valence-electron chi connectivity index (χ1n) is 5.04. The molecule has 2 unspecified atom stereocenters. The number of Topliss-reactive ketones (excluding diaryl/α,β-unsaturated/α-hetero) is 1. The lowest BCUT2D eigenvalue weighted by atomic mass is 9.99. The second kappa shape index (κ2) is 2.80. The zero-order valence-corrected chi connectivity index (χ0v) is 7.86. The number of hydrogen-bond acceptors (Lipinski definition) is 2. The quantitative estimate of drug-likeness (QED) is 0.730. The fourth-order valence-corrected chi connectivity index (χ4v) is 2.61. The van der Waals surface area contributed by atoms with Crippen molar-refractivity contribution in [2.45, 2.75) is 19.3 Å². The van der Waals surface area contributed by atoms with Crippen molar-refractivity contribution in [3.63, 3.8) is 0 Å². The van der Waals surface area contributed by atoms with Crippen LogP contribution in [0.2, 0.25) is 0 Å². The molecule has 2 atom stereocenters. The number of imidazole rings is 1. The van der Waals surface area contributed by atoms with E-state index in [9.17, 15) is 4.79 Å². The summed E-state index contributed by atoms with van der Waals surface area (Å²) < 4.78 is 0. The van der Waals surface area contributed by atoms with Gasteiger partial charge < -0.3 is 4.98 Å². The van der Waals surface area contributed by atoms with Crippen LogP contribution in [0.4, 0.5) is 0 Å². The SMILES string of the molecule is O=C1CC2C=C(c3c[nH]cn3)CC2C1. The molecule has 0 bridgehead atoms. The number of ketones is 1. The molecule has 1 aromatic rings. The second-order valence-corrected chi connectivity index (χ2v) is 4.22. The molecule has 1 saturated carbocycles. The van der Waals surface area contributed by atoms with Crippen molar-refractivity contribution < 1.29 is 4.79 Å². The summed E-state index contributed by atoms with van der Waals surface area (Å²) in [5, 5.41) is 0. The summed E-state index contributed by atoms with van der Waals surface area (Å²) in [4.78, 5) is 18.4. The van der Waals surface area contributed by atoms with Crippen molar-refractivity contribution in [1.82, 2.24) is 9.97 Å². The molecule has 14 heavy (non-hydrogen) atoms. The molecule has 0 saturated heterocycles. The number of carbonyl (C=O) groups is 1. The molecular weight excluding hydrogens is 176 g/mol. The highest BCUT2D eigenvalue weighted by Crippen LogP contribution is 2.43. The van der Waals surface area contributed by atoms with Gasteiger partial charge in [-0.05, 0) is 23.8 Å². The monoisotopic (exact) mass is 188 g/mol. The molecule has 0 aromatic carbocycles. The van der Waals surface area contributed by atoms with Crippen LogP contribution in [-0.4, -0.2) is 15.8 Å². The molecule has 3 nitrogen and oxygen atoms in total. The Kier molecular flexibility index (Phi) is 1.60.